The molecule has 3 heteroatoms. The summed E-state index contributed by atoms with van der Waals surface area (Å²) < 4.78 is 2.90. The Morgan fingerprint density at radius 2 is 1.55 bits per heavy atom. The van der Waals surface area contributed by atoms with Gasteiger partial charge in [-0.15, -0.1) is 34.9 Å². The van der Waals surface area contributed by atoms with Gasteiger partial charge in [0, 0.05) is 0 Å². The Morgan fingerprint density at radius 3 is 1.91 bits per heavy atom. The monoisotopic (exact) mass is 204 g/mol. The molecule has 0 aromatic carbocycles. The van der Waals surface area contributed by atoms with Crippen LogP contribution in [0.5, 0.6) is 0 Å². The molecular weight excluding hydrogens is 192 g/mol. The summed E-state index contributed by atoms with van der Waals surface area (Å²) in [6.07, 6.45) is 0. The van der Waals surface area contributed by atoms with E-state index in [1.165, 1.54) is 19.9 Å². The first kappa shape index (κ1) is 9.49. The highest BCUT2D eigenvalue weighted by molar-refractivity contribution is 8.03. The lowest BCUT2D eigenvalue weighted by atomic mass is 10.7. The molecule has 0 saturated carbocycles. The number of rotatable bonds is 4. The van der Waals surface area contributed by atoms with Crippen LogP contribution in [0.1, 0.15) is 13.8 Å². The minimum atomic E-state index is 1.18. The fourth-order valence-electron chi connectivity index (χ4n) is 0.743. The Hall–Kier alpha value is 0.400. The summed E-state index contributed by atoms with van der Waals surface area (Å²) in [5.41, 5.74) is 0. The van der Waals surface area contributed by atoms with Gasteiger partial charge in [-0.1, -0.05) is 13.8 Å². The van der Waals surface area contributed by atoms with Crippen molar-refractivity contribution < 1.29 is 0 Å². The van der Waals surface area contributed by atoms with Crippen LogP contribution >= 0.6 is 34.9 Å². The lowest BCUT2D eigenvalue weighted by molar-refractivity contribution is 1.51. The molecule has 1 aromatic heterocycles. The summed E-state index contributed by atoms with van der Waals surface area (Å²) in [7, 11) is 0. The van der Waals surface area contributed by atoms with Crippen molar-refractivity contribution in [3.8, 4) is 0 Å². The highest BCUT2D eigenvalue weighted by Gasteiger charge is 1.98. The maximum absolute atomic E-state index is 2.22. The molecule has 11 heavy (non-hydrogen) atoms. The van der Waals surface area contributed by atoms with Crippen LogP contribution in [-0.4, -0.2) is 11.5 Å². The van der Waals surface area contributed by atoms with Crippen LogP contribution in [-0.2, 0) is 0 Å². The third-order valence-electron chi connectivity index (χ3n) is 1.13. The maximum Gasteiger partial charge on any atom is 0.0610 e. The van der Waals surface area contributed by atoms with E-state index in [0.717, 1.165) is 0 Å². The molecule has 0 fully saturated rings. The van der Waals surface area contributed by atoms with Gasteiger partial charge in [0.1, 0.15) is 0 Å². The van der Waals surface area contributed by atoms with Crippen molar-refractivity contribution in [2.45, 2.75) is 22.3 Å². The summed E-state index contributed by atoms with van der Waals surface area (Å²) in [5.74, 6) is 2.35. The van der Waals surface area contributed by atoms with Crippen LogP contribution in [0.25, 0.3) is 0 Å². The summed E-state index contributed by atoms with van der Waals surface area (Å²) in [5, 5.41) is 0. The molecule has 1 heterocycles. The van der Waals surface area contributed by atoms with E-state index in [1.807, 2.05) is 34.9 Å². The molecule has 1 rings (SSSR count). The average Bonchev–Trinajstić information content (AvgIpc) is 2.38. The largest absolute Gasteiger partial charge is 0.122 e. The minimum Gasteiger partial charge on any atom is -0.122 e. The van der Waals surface area contributed by atoms with Crippen molar-refractivity contribution in [1.82, 2.24) is 0 Å². The molecule has 62 valence electrons. The minimum absolute atomic E-state index is 1.18. The topological polar surface area (TPSA) is 0 Å². The normalized spacial score (nSPS) is 10.4. The average molecular weight is 204 g/mol. The maximum atomic E-state index is 2.22. The van der Waals surface area contributed by atoms with Gasteiger partial charge in [-0.25, -0.2) is 0 Å². The van der Waals surface area contributed by atoms with E-state index in [4.69, 9.17) is 0 Å². The van der Waals surface area contributed by atoms with Gasteiger partial charge in [0.05, 0.1) is 8.42 Å². The second kappa shape index (κ2) is 5.12. The van der Waals surface area contributed by atoms with Gasteiger partial charge < -0.3 is 0 Å². The van der Waals surface area contributed by atoms with E-state index >= 15 is 0 Å². The summed E-state index contributed by atoms with van der Waals surface area (Å²) in [4.78, 5) is 0. The van der Waals surface area contributed by atoms with E-state index in [-0.39, 0.29) is 0 Å². The summed E-state index contributed by atoms with van der Waals surface area (Å²) in [6.45, 7) is 4.38. The fourth-order valence-corrected chi connectivity index (χ4v) is 3.99. The fraction of sp³-hybridized carbons (Fsp3) is 0.500. The molecule has 0 aliphatic carbocycles. The first-order chi connectivity index (χ1) is 5.36. The van der Waals surface area contributed by atoms with Crippen molar-refractivity contribution in [1.29, 1.82) is 0 Å². The molecule has 0 nitrogen and oxygen atoms in total. The third kappa shape index (κ3) is 3.09. The van der Waals surface area contributed by atoms with Gasteiger partial charge in [0.15, 0.2) is 0 Å². The van der Waals surface area contributed by atoms with Gasteiger partial charge in [0.25, 0.3) is 0 Å². The van der Waals surface area contributed by atoms with Crippen LogP contribution in [0.3, 0.4) is 0 Å². The molecule has 0 saturated heterocycles. The number of hydrogen-bond acceptors (Lipinski definition) is 3. The van der Waals surface area contributed by atoms with E-state index in [1.54, 1.807) is 0 Å². The van der Waals surface area contributed by atoms with Crippen molar-refractivity contribution in [2.75, 3.05) is 11.5 Å². The van der Waals surface area contributed by atoms with E-state index in [2.05, 4.69) is 26.0 Å². The highest BCUT2D eigenvalue weighted by atomic mass is 32.2. The molecule has 1 aromatic rings. The zero-order valence-corrected chi connectivity index (χ0v) is 9.24. The molecule has 0 N–H and O–H groups in total. The number of thioether (sulfide) groups is 2. The predicted octanol–water partition coefficient (Wildman–Crippen LogP) is 3.97. The van der Waals surface area contributed by atoms with Crippen LogP contribution in [0.15, 0.2) is 20.6 Å². The molecule has 0 aliphatic rings. The first-order valence-corrected chi connectivity index (χ1v) is 6.51. The standard InChI is InChI=1S/C8H12S3/c1-3-9-7-5-6-8(11-7)10-4-2/h5-6H,3-4H2,1-2H3. The SMILES string of the molecule is CCSc1ccc(SCC)s1. The van der Waals surface area contributed by atoms with Crippen LogP contribution in [0.2, 0.25) is 0 Å². The van der Waals surface area contributed by atoms with Crippen molar-refractivity contribution in [3.63, 3.8) is 0 Å². The summed E-state index contributed by atoms with van der Waals surface area (Å²) in [6, 6.07) is 4.44. The quantitative estimate of drug-likeness (QED) is 0.681. The first-order valence-electron chi connectivity index (χ1n) is 3.72. The van der Waals surface area contributed by atoms with Crippen LogP contribution in [0.4, 0.5) is 0 Å². The number of thiophene rings is 1. The Labute approximate surface area is 80.8 Å². The Bertz CT molecular complexity index is 184. The Balaban J connectivity index is 2.51. The van der Waals surface area contributed by atoms with E-state index in [0.29, 0.717) is 0 Å². The third-order valence-corrected chi connectivity index (χ3v) is 4.43. The van der Waals surface area contributed by atoms with Crippen molar-refractivity contribution in [2.24, 2.45) is 0 Å². The van der Waals surface area contributed by atoms with Gasteiger partial charge in [-0.05, 0) is 23.6 Å². The van der Waals surface area contributed by atoms with Crippen LogP contribution in [0, 0.1) is 0 Å². The zero-order chi connectivity index (χ0) is 8.10. The smallest absolute Gasteiger partial charge is 0.0610 e. The van der Waals surface area contributed by atoms with E-state index < -0.39 is 0 Å². The second-order valence-electron chi connectivity index (χ2n) is 1.94. The van der Waals surface area contributed by atoms with Gasteiger partial charge in [-0.3, -0.25) is 0 Å². The Morgan fingerprint density at radius 1 is 1.09 bits per heavy atom. The van der Waals surface area contributed by atoms with Gasteiger partial charge in [0.2, 0.25) is 0 Å². The van der Waals surface area contributed by atoms with Crippen molar-refractivity contribution in [3.05, 3.63) is 12.1 Å². The molecule has 0 atom stereocenters. The second-order valence-corrected chi connectivity index (χ2v) is 6.15. The number of hydrogen-bond donors (Lipinski definition) is 0. The highest BCUT2D eigenvalue weighted by Crippen LogP contribution is 2.32. The molecule has 0 amide bonds. The van der Waals surface area contributed by atoms with Crippen LogP contribution < -0.4 is 0 Å². The molecular formula is C8H12S3. The van der Waals surface area contributed by atoms with E-state index in [9.17, 15) is 0 Å². The van der Waals surface area contributed by atoms with Gasteiger partial charge in [-0.2, -0.15) is 0 Å². The molecule has 0 aliphatic heterocycles. The molecule has 0 spiro atoms. The molecule has 0 unspecified atom stereocenters. The summed E-state index contributed by atoms with van der Waals surface area (Å²) >= 11 is 5.76. The zero-order valence-electron chi connectivity index (χ0n) is 6.79. The molecule has 0 bridgehead atoms. The Kier molecular flexibility index (Phi) is 4.41. The van der Waals surface area contributed by atoms with Crippen molar-refractivity contribution >= 4 is 34.9 Å². The van der Waals surface area contributed by atoms with Gasteiger partial charge >= 0.3 is 0 Å². The predicted molar refractivity (Wildman–Crippen MR) is 57.1 cm³/mol. The lowest BCUT2D eigenvalue weighted by Gasteiger charge is -1.90. The lowest BCUT2D eigenvalue weighted by Crippen LogP contribution is -1.61. The molecule has 0 radical (unpaired) electrons.